The van der Waals surface area contributed by atoms with Gasteiger partial charge in [-0.15, -0.1) is 0 Å². The van der Waals surface area contributed by atoms with Gasteiger partial charge in [0.1, 0.15) is 17.8 Å². The Bertz CT molecular complexity index is 1540. The molecule has 1 amide bonds. The Labute approximate surface area is 259 Å². The highest BCUT2D eigenvalue weighted by Gasteiger charge is 2.61. The van der Waals surface area contributed by atoms with Gasteiger partial charge in [0.05, 0.1) is 6.67 Å². The minimum atomic E-state index is -2.92. The van der Waals surface area contributed by atoms with E-state index >= 15 is 0 Å². The van der Waals surface area contributed by atoms with E-state index in [1.165, 1.54) is 0 Å². The second kappa shape index (κ2) is 12.5. The molecule has 2 aliphatic carbocycles. The van der Waals surface area contributed by atoms with E-state index in [9.17, 15) is 18.0 Å². The van der Waals surface area contributed by atoms with E-state index in [4.69, 9.17) is 27.9 Å². The molecule has 2 unspecified atom stereocenters. The van der Waals surface area contributed by atoms with Gasteiger partial charge in [0.25, 0.3) is 5.92 Å². The van der Waals surface area contributed by atoms with Crippen LogP contribution in [0.4, 0.5) is 18.9 Å². The summed E-state index contributed by atoms with van der Waals surface area (Å²) in [6.07, 6.45) is 3.46. The van der Waals surface area contributed by atoms with Crippen LogP contribution in [0.15, 0.2) is 60.7 Å². The van der Waals surface area contributed by atoms with Gasteiger partial charge < -0.3 is 10.1 Å². The number of benzene rings is 3. The summed E-state index contributed by atoms with van der Waals surface area (Å²) >= 11 is 13.0. The molecule has 3 aromatic rings. The van der Waals surface area contributed by atoms with Gasteiger partial charge in [-0.3, -0.25) is 14.1 Å². The van der Waals surface area contributed by atoms with Gasteiger partial charge in [0, 0.05) is 41.8 Å². The maximum atomic E-state index is 13.5. The Morgan fingerprint density at radius 1 is 1.02 bits per heavy atom. The maximum absolute atomic E-state index is 13.5. The van der Waals surface area contributed by atoms with Crippen LogP contribution in [-0.4, -0.2) is 49.1 Å². The lowest BCUT2D eigenvalue weighted by atomic mass is 9.87. The van der Waals surface area contributed by atoms with Crippen molar-refractivity contribution in [2.45, 2.75) is 50.6 Å². The molecular weight excluding hydrogens is 596 g/mol. The number of rotatable bonds is 9. The predicted molar refractivity (Wildman–Crippen MR) is 166 cm³/mol. The van der Waals surface area contributed by atoms with Crippen molar-refractivity contribution < 1.29 is 22.7 Å². The smallest absolute Gasteiger partial charge is 0.260 e. The second-order valence-corrected chi connectivity index (χ2v) is 12.4. The molecule has 0 radical (unpaired) electrons. The van der Waals surface area contributed by atoms with Gasteiger partial charge >= 0.3 is 0 Å². The summed E-state index contributed by atoms with van der Waals surface area (Å²) in [7, 11) is 0. The number of allylic oxidation sites excluding steroid dienone is 1. The molecule has 43 heavy (non-hydrogen) atoms. The first kappa shape index (κ1) is 30.0. The molecule has 1 aliphatic heterocycles. The van der Waals surface area contributed by atoms with Gasteiger partial charge in [-0.2, -0.15) is 0 Å². The third-order valence-electron chi connectivity index (χ3n) is 8.50. The lowest BCUT2D eigenvalue weighted by molar-refractivity contribution is -0.119. The van der Waals surface area contributed by atoms with E-state index in [-0.39, 0.29) is 12.8 Å². The Morgan fingerprint density at radius 2 is 1.79 bits per heavy atom. The van der Waals surface area contributed by atoms with E-state index in [0.717, 1.165) is 84.5 Å². The van der Waals surface area contributed by atoms with Crippen LogP contribution in [-0.2, 0) is 11.2 Å². The fourth-order valence-electron chi connectivity index (χ4n) is 6.20. The summed E-state index contributed by atoms with van der Waals surface area (Å²) in [4.78, 5) is 14.6. The van der Waals surface area contributed by atoms with Crippen LogP contribution in [0.2, 0.25) is 10.0 Å². The molecule has 6 rings (SSSR count). The fraction of sp³-hybridized carbons (Fsp3) is 0.382. The third kappa shape index (κ3) is 6.74. The van der Waals surface area contributed by atoms with Crippen molar-refractivity contribution in [3.05, 3.63) is 93.0 Å². The summed E-state index contributed by atoms with van der Waals surface area (Å²) in [5.74, 6) is -4.05. The lowest BCUT2D eigenvalue weighted by Crippen LogP contribution is -2.26. The average molecular weight is 630 g/mol. The number of alkyl halides is 3. The van der Waals surface area contributed by atoms with Gasteiger partial charge in [-0.25, -0.2) is 8.78 Å². The highest BCUT2D eigenvalue weighted by molar-refractivity contribution is 6.36. The van der Waals surface area contributed by atoms with E-state index < -0.39 is 24.2 Å². The van der Waals surface area contributed by atoms with Crippen LogP contribution < -0.4 is 10.1 Å². The molecule has 0 bridgehead atoms. The molecule has 0 spiro atoms. The number of fused-ring (bicyclic) bond motifs is 1. The molecule has 2 atom stereocenters. The van der Waals surface area contributed by atoms with Crippen molar-refractivity contribution in [1.82, 2.24) is 4.90 Å². The largest absolute Gasteiger partial charge is 0.489 e. The highest BCUT2D eigenvalue weighted by Crippen LogP contribution is 2.49. The Morgan fingerprint density at radius 3 is 2.51 bits per heavy atom. The molecule has 1 heterocycles. The highest BCUT2D eigenvalue weighted by atomic mass is 35.5. The third-order valence-corrected chi connectivity index (χ3v) is 9.05. The average Bonchev–Trinajstić information content (AvgIpc) is 3.48. The number of hydrogen-bond donors (Lipinski definition) is 1. The van der Waals surface area contributed by atoms with E-state index in [1.807, 2.05) is 48.5 Å². The Balaban J connectivity index is 1.32. The number of amides is 1. The molecule has 9 heteroatoms. The monoisotopic (exact) mass is 628 g/mol. The fourth-order valence-corrected chi connectivity index (χ4v) is 6.72. The molecule has 1 saturated heterocycles. The van der Waals surface area contributed by atoms with Crippen LogP contribution in [0, 0.1) is 5.92 Å². The number of nitrogens with zero attached hydrogens (tertiary/aromatic N) is 1. The van der Waals surface area contributed by atoms with Crippen molar-refractivity contribution in [3.8, 4) is 5.75 Å². The zero-order chi connectivity index (χ0) is 30.1. The number of carbonyl (C=O) groups excluding carboxylic acids is 1. The Hall–Kier alpha value is -3.00. The summed E-state index contributed by atoms with van der Waals surface area (Å²) in [5, 5.41) is 3.81. The first-order chi connectivity index (χ1) is 20.7. The molecule has 1 saturated carbocycles. The normalized spacial score (nSPS) is 21.3. The van der Waals surface area contributed by atoms with Gasteiger partial charge in [-0.05, 0) is 102 Å². The predicted octanol–water partition coefficient (Wildman–Crippen LogP) is 8.70. The summed E-state index contributed by atoms with van der Waals surface area (Å²) < 4.78 is 45.8. The summed E-state index contributed by atoms with van der Waals surface area (Å²) in [6.45, 7) is 2.14. The topological polar surface area (TPSA) is 41.6 Å². The number of hydrogen-bond acceptors (Lipinski definition) is 3. The Kier molecular flexibility index (Phi) is 8.77. The number of anilines is 1. The number of ether oxygens (including phenoxy) is 1. The second-order valence-electron chi connectivity index (χ2n) is 11.6. The van der Waals surface area contributed by atoms with Crippen molar-refractivity contribution in [2.24, 2.45) is 5.92 Å². The molecule has 1 N–H and O–H groups in total. The first-order valence-electron chi connectivity index (χ1n) is 14.8. The van der Waals surface area contributed by atoms with Crippen LogP contribution in [0.25, 0.3) is 11.1 Å². The summed E-state index contributed by atoms with van der Waals surface area (Å²) in [6, 6.07) is 19.2. The number of carbonyl (C=O) groups is 1. The lowest BCUT2D eigenvalue weighted by Gasteiger charge is -2.19. The molecule has 3 aromatic carbocycles. The van der Waals surface area contributed by atoms with Gasteiger partial charge in [0.15, 0.2) is 0 Å². The van der Waals surface area contributed by atoms with Crippen LogP contribution in [0.5, 0.6) is 5.75 Å². The van der Waals surface area contributed by atoms with Crippen LogP contribution >= 0.6 is 23.2 Å². The van der Waals surface area contributed by atoms with Crippen LogP contribution in [0.3, 0.4) is 0 Å². The molecule has 226 valence electrons. The molecule has 3 aliphatic rings. The number of likely N-dealkylation sites (tertiary alicyclic amines) is 1. The number of nitrogens with one attached hydrogen (secondary N) is 1. The van der Waals surface area contributed by atoms with Crippen molar-refractivity contribution >= 4 is 45.9 Å². The zero-order valence-electron chi connectivity index (χ0n) is 23.7. The minimum Gasteiger partial charge on any atom is -0.489 e. The molecule has 2 fully saturated rings. The number of aryl methyl sites for hydroxylation is 1. The zero-order valence-corrected chi connectivity index (χ0v) is 25.2. The SMILES string of the molecule is O=C(Nc1ccc2c(c1)CCCC(c1ccc(Cl)cc1Cl)=C2c1ccc(OC2CCN(CCCF)C2)cc1)C1CC1(F)F. The molecule has 4 nitrogen and oxygen atoms in total. The van der Waals surface area contributed by atoms with Crippen molar-refractivity contribution in [3.63, 3.8) is 0 Å². The van der Waals surface area contributed by atoms with E-state index in [0.29, 0.717) is 22.2 Å². The van der Waals surface area contributed by atoms with Crippen molar-refractivity contribution in [1.29, 1.82) is 0 Å². The maximum Gasteiger partial charge on any atom is 0.260 e. The quantitative estimate of drug-likeness (QED) is 0.258. The minimum absolute atomic E-state index is 0.0657. The van der Waals surface area contributed by atoms with Crippen LogP contribution in [0.1, 0.15) is 54.4 Å². The molecule has 0 aromatic heterocycles. The summed E-state index contributed by atoms with van der Waals surface area (Å²) in [5.41, 5.74) is 6.54. The van der Waals surface area contributed by atoms with E-state index in [2.05, 4.69) is 10.2 Å². The number of halogens is 5. The van der Waals surface area contributed by atoms with Gasteiger partial charge in [0.2, 0.25) is 5.91 Å². The molecular formula is C34H33Cl2F3N2O2. The van der Waals surface area contributed by atoms with Gasteiger partial charge in [-0.1, -0.05) is 47.5 Å². The van der Waals surface area contributed by atoms with E-state index in [1.54, 1.807) is 12.1 Å². The first-order valence-corrected chi connectivity index (χ1v) is 15.5. The van der Waals surface area contributed by atoms with Crippen molar-refractivity contribution in [2.75, 3.05) is 31.6 Å². The standard InChI is InChI=1S/C34H33Cl2F3N2O2/c35-23-7-11-28(31(36)18-23)29-4-1-3-22-17-24(40-33(42)30-19-34(30,38)39)8-12-27(22)32(29)21-5-9-25(10-6-21)43-26-13-16-41(20-26)15-2-14-37/h5-12,17-18,26,30H,1-4,13-16,19-20H2,(H,40,42).